The maximum absolute atomic E-state index is 12.9. The number of thioether (sulfide) groups is 1. The molecule has 2 aliphatic rings. The average molecular weight is 382 g/mol. The van der Waals surface area contributed by atoms with Crippen molar-refractivity contribution in [1.82, 2.24) is 4.90 Å². The van der Waals surface area contributed by atoms with Crippen LogP contribution >= 0.6 is 24.0 Å². The van der Waals surface area contributed by atoms with Crippen LogP contribution in [0.25, 0.3) is 6.08 Å². The summed E-state index contributed by atoms with van der Waals surface area (Å²) in [5.74, 6) is 0.918. The lowest BCUT2D eigenvalue weighted by Gasteiger charge is -2.23. The first-order valence-corrected chi connectivity index (χ1v) is 9.87. The molecular formula is C21H19NO2S2. The van der Waals surface area contributed by atoms with Crippen molar-refractivity contribution in [3.05, 3.63) is 70.1 Å². The Morgan fingerprint density at radius 3 is 2.81 bits per heavy atom. The number of carbonyl (C=O) groups is 1. The van der Waals surface area contributed by atoms with Crippen LogP contribution in [0.15, 0.2) is 53.4 Å². The molecule has 2 heterocycles. The van der Waals surface area contributed by atoms with Gasteiger partial charge in [-0.05, 0) is 48.7 Å². The van der Waals surface area contributed by atoms with Gasteiger partial charge in [0.1, 0.15) is 16.2 Å². The molecule has 2 aliphatic heterocycles. The monoisotopic (exact) mass is 381 g/mol. The molecule has 0 spiro atoms. The standard InChI is InChI=1S/C21H19NO2S2/c1-13-10-17-11-15(8-9-18(17)24-13)12-19-20(23)22(21(25)26-19)14(2)16-6-4-3-5-7-16/h3-9,11-14H,10H2,1-2H3/b19-12+/t13-,14+/m1/s1. The van der Waals surface area contributed by atoms with Crippen molar-refractivity contribution in [1.29, 1.82) is 0 Å². The van der Waals surface area contributed by atoms with E-state index in [1.54, 1.807) is 4.90 Å². The molecule has 0 radical (unpaired) electrons. The highest BCUT2D eigenvalue weighted by Gasteiger charge is 2.36. The molecule has 2 atom stereocenters. The number of thiocarbonyl (C=S) groups is 1. The first-order valence-electron chi connectivity index (χ1n) is 8.64. The maximum atomic E-state index is 12.9. The first-order chi connectivity index (χ1) is 12.5. The van der Waals surface area contributed by atoms with Gasteiger partial charge in [0.2, 0.25) is 0 Å². The zero-order valence-electron chi connectivity index (χ0n) is 14.6. The molecule has 0 unspecified atom stereocenters. The Labute approximate surface area is 163 Å². The Morgan fingerprint density at radius 2 is 2.04 bits per heavy atom. The van der Waals surface area contributed by atoms with Gasteiger partial charge >= 0.3 is 0 Å². The second-order valence-electron chi connectivity index (χ2n) is 6.64. The van der Waals surface area contributed by atoms with Gasteiger partial charge in [-0.3, -0.25) is 9.69 Å². The summed E-state index contributed by atoms with van der Waals surface area (Å²) in [5.41, 5.74) is 3.28. The molecule has 4 rings (SSSR count). The van der Waals surface area contributed by atoms with Crippen molar-refractivity contribution in [2.45, 2.75) is 32.4 Å². The molecule has 132 valence electrons. The summed E-state index contributed by atoms with van der Waals surface area (Å²) in [7, 11) is 0. The van der Waals surface area contributed by atoms with Crippen LogP contribution in [0.5, 0.6) is 5.75 Å². The molecule has 1 amide bonds. The van der Waals surface area contributed by atoms with E-state index in [0.29, 0.717) is 9.23 Å². The van der Waals surface area contributed by atoms with E-state index in [9.17, 15) is 4.79 Å². The topological polar surface area (TPSA) is 29.5 Å². The number of nitrogens with zero attached hydrogens (tertiary/aromatic N) is 1. The van der Waals surface area contributed by atoms with Gasteiger partial charge in [-0.2, -0.15) is 0 Å². The van der Waals surface area contributed by atoms with Gasteiger partial charge in [-0.25, -0.2) is 0 Å². The minimum Gasteiger partial charge on any atom is -0.490 e. The number of hydrogen-bond donors (Lipinski definition) is 0. The molecule has 0 bridgehead atoms. The molecule has 2 aromatic carbocycles. The summed E-state index contributed by atoms with van der Waals surface area (Å²) in [6.07, 6.45) is 3.05. The van der Waals surface area contributed by atoms with Gasteiger partial charge in [0.25, 0.3) is 5.91 Å². The van der Waals surface area contributed by atoms with E-state index in [2.05, 4.69) is 13.0 Å². The number of benzene rings is 2. The normalized spacial score (nSPS) is 21.8. The van der Waals surface area contributed by atoms with Crippen molar-refractivity contribution in [2.24, 2.45) is 0 Å². The fourth-order valence-electron chi connectivity index (χ4n) is 3.38. The maximum Gasteiger partial charge on any atom is 0.266 e. The lowest BCUT2D eigenvalue weighted by Crippen LogP contribution is -2.30. The molecule has 26 heavy (non-hydrogen) atoms. The van der Waals surface area contributed by atoms with E-state index in [1.165, 1.54) is 17.3 Å². The van der Waals surface area contributed by atoms with Gasteiger partial charge in [-0.1, -0.05) is 60.4 Å². The molecule has 0 aliphatic carbocycles. The third kappa shape index (κ3) is 3.17. The number of amides is 1. The molecule has 1 fully saturated rings. The minimum absolute atomic E-state index is 0.0264. The van der Waals surface area contributed by atoms with E-state index >= 15 is 0 Å². The number of fused-ring (bicyclic) bond motifs is 1. The zero-order valence-corrected chi connectivity index (χ0v) is 16.3. The summed E-state index contributed by atoms with van der Waals surface area (Å²) in [5, 5.41) is 0. The Bertz CT molecular complexity index is 907. The number of hydrogen-bond acceptors (Lipinski definition) is 4. The van der Waals surface area contributed by atoms with Crippen LogP contribution in [0.2, 0.25) is 0 Å². The first kappa shape index (κ1) is 17.3. The highest BCUT2D eigenvalue weighted by Crippen LogP contribution is 2.38. The fourth-order valence-corrected chi connectivity index (χ4v) is 4.80. The smallest absolute Gasteiger partial charge is 0.266 e. The highest BCUT2D eigenvalue weighted by atomic mass is 32.2. The van der Waals surface area contributed by atoms with Crippen molar-refractivity contribution in [2.75, 3.05) is 0 Å². The van der Waals surface area contributed by atoms with Gasteiger partial charge in [-0.15, -0.1) is 0 Å². The SMILES string of the molecule is C[C@@H]1Cc2cc(/C=C3/SC(=S)N([C@@H](C)c4ccccc4)C3=O)ccc2O1. The molecule has 1 saturated heterocycles. The Morgan fingerprint density at radius 1 is 1.27 bits per heavy atom. The zero-order chi connectivity index (χ0) is 18.3. The summed E-state index contributed by atoms with van der Waals surface area (Å²) in [6.45, 7) is 4.08. The molecular weight excluding hydrogens is 362 g/mol. The third-order valence-electron chi connectivity index (χ3n) is 4.71. The quantitative estimate of drug-likeness (QED) is 0.554. The van der Waals surface area contributed by atoms with E-state index in [-0.39, 0.29) is 18.1 Å². The average Bonchev–Trinajstić information content (AvgIpc) is 3.13. The van der Waals surface area contributed by atoms with Gasteiger partial charge in [0, 0.05) is 6.42 Å². The lowest BCUT2D eigenvalue weighted by atomic mass is 10.1. The highest BCUT2D eigenvalue weighted by molar-refractivity contribution is 8.26. The second kappa shape index (κ2) is 6.89. The number of ether oxygens (including phenoxy) is 1. The van der Waals surface area contributed by atoms with Gasteiger partial charge in [0.05, 0.1) is 10.9 Å². The Balaban J connectivity index is 1.59. The Hall–Kier alpha value is -2.11. The number of carbonyl (C=O) groups excluding carboxylic acids is 1. The molecule has 3 nitrogen and oxygen atoms in total. The molecule has 2 aromatic rings. The van der Waals surface area contributed by atoms with Crippen molar-refractivity contribution in [3.63, 3.8) is 0 Å². The van der Waals surface area contributed by atoms with E-state index in [0.717, 1.165) is 23.3 Å². The van der Waals surface area contributed by atoms with Crippen molar-refractivity contribution in [3.8, 4) is 5.75 Å². The van der Waals surface area contributed by atoms with Crippen LogP contribution in [0, 0.1) is 0 Å². The fraction of sp³-hybridized carbons (Fsp3) is 0.238. The Kier molecular flexibility index (Phi) is 4.59. The molecule has 5 heteroatoms. The van der Waals surface area contributed by atoms with Crippen LogP contribution in [0.1, 0.15) is 36.6 Å². The summed E-state index contributed by atoms with van der Waals surface area (Å²) < 4.78 is 6.35. The van der Waals surface area contributed by atoms with Gasteiger partial charge < -0.3 is 4.74 Å². The van der Waals surface area contributed by atoms with Crippen molar-refractivity contribution < 1.29 is 9.53 Å². The predicted molar refractivity (Wildman–Crippen MR) is 110 cm³/mol. The lowest BCUT2D eigenvalue weighted by molar-refractivity contribution is -0.123. The number of rotatable bonds is 3. The van der Waals surface area contributed by atoms with Crippen LogP contribution in [0.4, 0.5) is 0 Å². The van der Waals surface area contributed by atoms with E-state index < -0.39 is 0 Å². The van der Waals surface area contributed by atoms with E-state index in [4.69, 9.17) is 17.0 Å². The van der Waals surface area contributed by atoms with Crippen LogP contribution in [-0.4, -0.2) is 21.2 Å². The summed E-state index contributed by atoms with van der Waals surface area (Å²) >= 11 is 6.86. The summed E-state index contributed by atoms with van der Waals surface area (Å²) in [6, 6.07) is 16.0. The summed E-state index contributed by atoms with van der Waals surface area (Å²) in [4.78, 5) is 15.3. The van der Waals surface area contributed by atoms with E-state index in [1.807, 2.05) is 55.5 Å². The molecule has 0 N–H and O–H groups in total. The van der Waals surface area contributed by atoms with Crippen LogP contribution in [0.3, 0.4) is 0 Å². The second-order valence-corrected chi connectivity index (χ2v) is 8.31. The minimum atomic E-state index is -0.0797. The molecule has 0 saturated carbocycles. The molecule has 0 aromatic heterocycles. The van der Waals surface area contributed by atoms with Crippen molar-refractivity contribution >= 4 is 40.3 Å². The predicted octanol–water partition coefficient (Wildman–Crippen LogP) is 4.97. The third-order valence-corrected chi connectivity index (χ3v) is 6.04. The van der Waals surface area contributed by atoms with Crippen LogP contribution in [-0.2, 0) is 11.2 Å². The van der Waals surface area contributed by atoms with Crippen LogP contribution < -0.4 is 4.74 Å². The largest absolute Gasteiger partial charge is 0.490 e. The van der Waals surface area contributed by atoms with Gasteiger partial charge in [0.15, 0.2) is 0 Å².